The second-order valence-corrected chi connectivity index (χ2v) is 23.5. The van der Waals surface area contributed by atoms with Gasteiger partial charge in [0, 0.05) is 63.9 Å². The van der Waals surface area contributed by atoms with Gasteiger partial charge in [0.25, 0.3) is 0 Å². The zero-order valence-electron chi connectivity index (χ0n) is 38.6. The minimum atomic E-state index is 0.898. The van der Waals surface area contributed by atoms with Crippen molar-refractivity contribution >= 4 is 70.6 Å². The Labute approximate surface area is 435 Å². The second-order valence-electron chi connectivity index (χ2n) is 17.4. The molecule has 6 heteroatoms. The van der Waals surface area contributed by atoms with Crippen molar-refractivity contribution in [1.29, 1.82) is 0 Å². The van der Waals surface area contributed by atoms with E-state index in [9.17, 15) is 0 Å². The Kier molecular flexibility index (Phi) is 16.8. The van der Waals surface area contributed by atoms with Crippen molar-refractivity contribution in [3.8, 4) is 0 Å². The molecule has 0 radical (unpaired) electrons. The van der Waals surface area contributed by atoms with Gasteiger partial charge in [0.1, 0.15) is 0 Å². The molecule has 1 aliphatic rings. The molecule has 0 unspecified atom stereocenters. The summed E-state index contributed by atoms with van der Waals surface area (Å²) in [6.07, 6.45) is 2.69. The number of fused-ring (bicyclic) bond motifs is 3. The molecule has 0 heterocycles. The van der Waals surface area contributed by atoms with Crippen LogP contribution < -0.4 is 0 Å². The number of benzene rings is 9. The molecule has 0 saturated heterocycles. The molecule has 0 atom stereocenters. The molecule has 0 N–H and O–H groups in total. The molecule has 342 valence electrons. The lowest BCUT2D eigenvalue weighted by Gasteiger charge is -2.19. The highest BCUT2D eigenvalue weighted by atomic mass is 32.2. The fourth-order valence-electron chi connectivity index (χ4n) is 8.62. The first-order valence-corrected chi connectivity index (χ1v) is 29.5. The molecule has 0 bridgehead atoms. The molecule has 1 aliphatic carbocycles. The smallest absolute Gasteiger partial charge is 0.0232 e. The molecule has 0 aliphatic heterocycles. The molecule has 0 aromatic heterocycles. The molecule has 0 amide bonds. The normalized spacial score (nSPS) is 12.0. The van der Waals surface area contributed by atoms with Crippen molar-refractivity contribution < 1.29 is 0 Å². The first-order valence-electron chi connectivity index (χ1n) is 23.6. The Morgan fingerprint density at radius 3 is 0.493 bits per heavy atom. The molecule has 9 aromatic rings. The molecule has 0 nitrogen and oxygen atoms in total. The number of thioether (sulfide) groups is 6. The first-order chi connectivity index (χ1) is 34.1. The van der Waals surface area contributed by atoms with Gasteiger partial charge in [0.05, 0.1) is 0 Å². The van der Waals surface area contributed by atoms with Gasteiger partial charge in [0.15, 0.2) is 0 Å². The van der Waals surface area contributed by atoms with Gasteiger partial charge < -0.3 is 0 Å². The van der Waals surface area contributed by atoms with Crippen LogP contribution >= 0.6 is 70.6 Å². The van der Waals surface area contributed by atoms with Crippen LogP contribution in [0.2, 0.25) is 0 Å². The Morgan fingerprint density at radius 2 is 0.348 bits per heavy atom. The summed E-state index contributed by atoms with van der Waals surface area (Å²) in [6, 6.07) is 81.3. The summed E-state index contributed by atoms with van der Waals surface area (Å²) in [6.45, 7) is 0. The minimum absolute atomic E-state index is 0.898. The maximum atomic E-state index is 2.58. The summed E-state index contributed by atoms with van der Waals surface area (Å²) >= 11 is 11.9. The predicted octanol–water partition coefficient (Wildman–Crippen LogP) is 18.5. The highest BCUT2D eigenvalue weighted by molar-refractivity contribution is 8.02. The van der Waals surface area contributed by atoms with E-state index in [0.717, 1.165) is 53.8 Å². The Morgan fingerprint density at radius 1 is 0.203 bits per heavy atom. The van der Waals surface area contributed by atoms with Crippen LogP contribution in [0.5, 0.6) is 0 Å². The van der Waals surface area contributed by atoms with Crippen LogP contribution in [0.3, 0.4) is 0 Å². The third-order valence-corrected chi connectivity index (χ3v) is 19.5. The van der Waals surface area contributed by atoms with Gasteiger partial charge in [-0.2, -0.15) is 0 Å². The highest BCUT2D eigenvalue weighted by Gasteiger charge is 2.22. The lowest BCUT2D eigenvalue weighted by atomic mass is 9.95. The molecular formula is C63H54S6. The van der Waals surface area contributed by atoms with Gasteiger partial charge in [-0.15, -0.1) is 70.6 Å². The largest absolute Gasteiger partial charge is 0.120 e. The molecule has 69 heavy (non-hydrogen) atoms. The SMILES string of the molecule is c1ccc(CSc2cc3c(cc2SCc2ccccc2)Cc2cc(SCc4ccccc4)c(SCc4ccccc4)cc2Cc2cc(SCc4ccccc4)c(SCc4ccccc4)cc2C3)cc1. The Bertz CT molecular complexity index is 2510. The van der Waals surface area contributed by atoms with E-state index in [0.29, 0.717) is 0 Å². The van der Waals surface area contributed by atoms with Crippen LogP contribution in [0, 0.1) is 0 Å². The first kappa shape index (κ1) is 47.7. The average molecular weight is 1000 g/mol. The van der Waals surface area contributed by atoms with Crippen molar-refractivity contribution in [1.82, 2.24) is 0 Å². The maximum Gasteiger partial charge on any atom is 0.0232 e. The molecular weight excluding hydrogens is 949 g/mol. The van der Waals surface area contributed by atoms with Crippen molar-refractivity contribution in [3.63, 3.8) is 0 Å². The van der Waals surface area contributed by atoms with Gasteiger partial charge in [-0.1, -0.05) is 182 Å². The summed E-state index contributed by atoms with van der Waals surface area (Å²) < 4.78 is 0. The van der Waals surface area contributed by atoms with Gasteiger partial charge >= 0.3 is 0 Å². The molecule has 10 rings (SSSR count). The number of hydrogen-bond acceptors (Lipinski definition) is 6. The topological polar surface area (TPSA) is 0 Å². The number of hydrogen-bond donors (Lipinski definition) is 0. The fourth-order valence-corrected chi connectivity index (χ4v) is 15.3. The van der Waals surface area contributed by atoms with Crippen molar-refractivity contribution in [2.45, 2.75) is 83.2 Å². The van der Waals surface area contributed by atoms with E-state index in [1.165, 1.54) is 96.1 Å². The van der Waals surface area contributed by atoms with Crippen molar-refractivity contribution in [3.05, 3.63) is 285 Å². The lowest BCUT2D eigenvalue weighted by Crippen LogP contribution is -2.01. The summed E-state index contributed by atoms with van der Waals surface area (Å²) in [5.41, 5.74) is 16.7. The van der Waals surface area contributed by atoms with E-state index in [4.69, 9.17) is 0 Å². The standard InChI is InChI=1S/C63H54S6/c1-7-19-46(20-8-1)40-64-58-34-52-31-54-36-60(66-42-48-23-11-3-12-24-48)62(68-44-50-27-15-5-16-28-50)38-56(54)33-57-39-63(69-45-51-29-17-6-18-30-51)61(67-43-49-25-13-4-14-26-49)37-55(57)32-53(52)35-59(58)65-41-47-21-9-2-10-22-47/h1-30,34-39H,31-33,40-45H2. The van der Waals surface area contributed by atoms with Crippen molar-refractivity contribution in [2.75, 3.05) is 0 Å². The Balaban J connectivity index is 1.10. The summed E-state index contributed by atoms with van der Waals surface area (Å²) in [5, 5.41) is 0. The predicted molar refractivity (Wildman–Crippen MR) is 304 cm³/mol. The minimum Gasteiger partial charge on any atom is -0.120 e. The zero-order valence-corrected chi connectivity index (χ0v) is 43.5. The van der Waals surface area contributed by atoms with E-state index in [1.807, 2.05) is 70.6 Å². The van der Waals surface area contributed by atoms with Gasteiger partial charge in [-0.05, 0) is 122 Å². The molecule has 9 aromatic carbocycles. The van der Waals surface area contributed by atoms with Crippen molar-refractivity contribution in [2.24, 2.45) is 0 Å². The fraction of sp³-hybridized carbons (Fsp3) is 0.143. The third-order valence-electron chi connectivity index (χ3n) is 12.4. The zero-order chi connectivity index (χ0) is 46.5. The summed E-state index contributed by atoms with van der Waals surface area (Å²) in [5.74, 6) is 5.62. The van der Waals surface area contributed by atoms with Gasteiger partial charge in [0.2, 0.25) is 0 Å². The monoisotopic (exact) mass is 1000 g/mol. The summed E-state index contributed by atoms with van der Waals surface area (Å²) in [7, 11) is 0. The number of rotatable bonds is 18. The van der Waals surface area contributed by atoms with Gasteiger partial charge in [-0.3, -0.25) is 0 Å². The van der Waals surface area contributed by atoms with E-state index in [1.54, 1.807) is 0 Å². The van der Waals surface area contributed by atoms with Crippen LogP contribution in [-0.4, -0.2) is 0 Å². The van der Waals surface area contributed by atoms with E-state index >= 15 is 0 Å². The Hall–Kier alpha value is -4.92. The highest BCUT2D eigenvalue weighted by Crippen LogP contribution is 2.44. The summed E-state index contributed by atoms with van der Waals surface area (Å²) in [4.78, 5) is 8.25. The van der Waals surface area contributed by atoms with Crippen LogP contribution in [-0.2, 0) is 53.8 Å². The van der Waals surface area contributed by atoms with E-state index in [-0.39, 0.29) is 0 Å². The molecule has 0 fully saturated rings. The van der Waals surface area contributed by atoms with Crippen LogP contribution in [0.25, 0.3) is 0 Å². The van der Waals surface area contributed by atoms with Crippen LogP contribution in [0.15, 0.2) is 248 Å². The lowest BCUT2D eigenvalue weighted by molar-refractivity contribution is 1.02. The average Bonchev–Trinajstić information content (AvgIpc) is 3.46. The van der Waals surface area contributed by atoms with Gasteiger partial charge in [-0.25, -0.2) is 0 Å². The molecule has 0 saturated carbocycles. The molecule has 0 spiro atoms. The van der Waals surface area contributed by atoms with E-state index in [2.05, 4.69) is 218 Å². The van der Waals surface area contributed by atoms with Crippen LogP contribution in [0.4, 0.5) is 0 Å². The quantitative estimate of drug-likeness (QED) is 0.0780. The van der Waals surface area contributed by atoms with Crippen LogP contribution in [0.1, 0.15) is 66.8 Å². The van der Waals surface area contributed by atoms with E-state index < -0.39 is 0 Å². The maximum absolute atomic E-state index is 2.58. The second kappa shape index (κ2) is 24.3. The third kappa shape index (κ3) is 13.3.